The molecule has 3 heterocycles. The minimum absolute atomic E-state index is 0.640. The molecule has 0 fully saturated rings. The molecule has 6 heteroatoms. The zero-order valence-corrected chi connectivity index (χ0v) is 30.7. The highest BCUT2D eigenvalue weighted by atomic mass is 32.1. The summed E-state index contributed by atoms with van der Waals surface area (Å²) in [6, 6.07) is 58.3. The Morgan fingerprint density at radius 2 is 0.927 bits per heavy atom. The largest absolute Gasteiger partial charge is 0.309 e. The van der Waals surface area contributed by atoms with E-state index in [1.807, 2.05) is 24.3 Å². The number of rotatable bonds is 3. The van der Waals surface area contributed by atoms with Gasteiger partial charge in [0.25, 0.3) is 0 Å². The van der Waals surface area contributed by atoms with Crippen LogP contribution < -0.4 is 0 Å². The SMILES string of the molecule is N#Cc1ccc(-n2c3ccc(-c4nc5ccc6ccc7ccccc7c6c5s4)cc3c3cc(-c4nc5ccc6ccc7ccccc7c6c5s4)ccc32)cc1. The van der Waals surface area contributed by atoms with Crippen molar-refractivity contribution < 1.29 is 0 Å². The Bertz CT molecular complexity index is 3410. The molecule has 254 valence electrons. The van der Waals surface area contributed by atoms with Gasteiger partial charge in [-0.05, 0) is 105 Å². The standard InChI is InChI=1S/C49H26N4S2/c50-27-28-9-19-35(20-10-28)53-42-23-17-33(48-51-40-21-15-31-13-11-29-5-1-3-7-36(29)44(31)46(40)54-48)25-38(42)39-26-34(18-24-43(39)53)49-52-41-22-16-32-14-12-30-6-2-4-8-37(30)45(32)47(41)55-49/h1-26H. The third kappa shape index (κ3) is 4.55. The predicted molar refractivity (Wildman–Crippen MR) is 233 cm³/mol. The van der Waals surface area contributed by atoms with Crippen LogP contribution in [0.1, 0.15) is 5.56 Å². The third-order valence-corrected chi connectivity index (χ3v) is 13.3. The Morgan fingerprint density at radius 1 is 0.455 bits per heavy atom. The van der Waals surface area contributed by atoms with Crippen LogP contribution in [0.3, 0.4) is 0 Å². The van der Waals surface area contributed by atoms with Gasteiger partial charge in [-0.2, -0.15) is 5.26 Å². The van der Waals surface area contributed by atoms with Crippen molar-refractivity contribution in [3.8, 4) is 32.9 Å². The highest BCUT2D eigenvalue weighted by Gasteiger charge is 2.19. The first-order chi connectivity index (χ1) is 27.2. The van der Waals surface area contributed by atoms with Gasteiger partial charge in [0.15, 0.2) is 0 Å². The minimum atomic E-state index is 0.640. The predicted octanol–water partition coefficient (Wildman–Crippen LogP) is 13.8. The van der Waals surface area contributed by atoms with Crippen molar-refractivity contribution in [2.75, 3.05) is 0 Å². The smallest absolute Gasteiger partial charge is 0.124 e. The van der Waals surface area contributed by atoms with Crippen LogP contribution in [0.25, 0.3) is 112 Å². The molecule has 9 aromatic carbocycles. The minimum Gasteiger partial charge on any atom is -0.309 e. The van der Waals surface area contributed by atoms with Crippen molar-refractivity contribution in [3.63, 3.8) is 0 Å². The summed E-state index contributed by atoms with van der Waals surface area (Å²) < 4.78 is 4.72. The molecule has 12 rings (SSSR count). The molecule has 0 saturated carbocycles. The fraction of sp³-hybridized carbons (Fsp3) is 0. The average molecular weight is 735 g/mol. The zero-order valence-electron chi connectivity index (χ0n) is 29.1. The molecule has 3 aromatic heterocycles. The second-order valence-corrected chi connectivity index (χ2v) is 16.1. The molecular formula is C49H26N4S2. The van der Waals surface area contributed by atoms with Gasteiger partial charge < -0.3 is 4.57 Å². The Hall–Kier alpha value is -6.91. The lowest BCUT2D eigenvalue weighted by Gasteiger charge is -2.08. The first-order valence-corrected chi connectivity index (χ1v) is 19.8. The van der Waals surface area contributed by atoms with Gasteiger partial charge in [0, 0.05) is 38.4 Å². The molecule has 0 spiro atoms. The summed E-state index contributed by atoms with van der Waals surface area (Å²) in [6.45, 7) is 0. The maximum Gasteiger partial charge on any atom is 0.124 e. The van der Waals surface area contributed by atoms with Crippen LogP contribution >= 0.6 is 22.7 Å². The molecule has 0 bridgehead atoms. The molecule has 0 saturated heterocycles. The number of hydrogen-bond donors (Lipinski definition) is 0. The van der Waals surface area contributed by atoms with E-state index in [-0.39, 0.29) is 0 Å². The van der Waals surface area contributed by atoms with Gasteiger partial charge in [-0.3, -0.25) is 0 Å². The topological polar surface area (TPSA) is 54.5 Å². The van der Waals surface area contributed by atoms with Gasteiger partial charge in [-0.25, -0.2) is 9.97 Å². The Labute approximate surface area is 322 Å². The van der Waals surface area contributed by atoms with E-state index in [9.17, 15) is 5.26 Å². The number of hydrogen-bond acceptors (Lipinski definition) is 5. The molecule has 0 atom stereocenters. The first-order valence-electron chi connectivity index (χ1n) is 18.2. The Kier molecular flexibility index (Phi) is 6.41. The summed E-state index contributed by atoms with van der Waals surface area (Å²) >= 11 is 3.53. The van der Waals surface area contributed by atoms with Crippen LogP contribution in [0, 0.1) is 11.3 Å². The molecular weight excluding hydrogens is 709 g/mol. The van der Waals surface area contributed by atoms with Crippen molar-refractivity contribution in [2.45, 2.75) is 0 Å². The van der Waals surface area contributed by atoms with Crippen LogP contribution in [0.15, 0.2) is 158 Å². The monoisotopic (exact) mass is 734 g/mol. The molecule has 0 aliphatic rings. The second kappa shape index (κ2) is 11.5. The average Bonchev–Trinajstić information content (AvgIpc) is 3.97. The highest BCUT2D eigenvalue weighted by molar-refractivity contribution is 7.23. The normalized spacial score (nSPS) is 12.0. The van der Waals surface area contributed by atoms with Crippen molar-refractivity contribution >= 4 is 108 Å². The van der Waals surface area contributed by atoms with Crippen LogP contribution in [0.4, 0.5) is 0 Å². The number of benzene rings is 9. The quantitative estimate of drug-likeness (QED) is 0.170. The van der Waals surface area contributed by atoms with Crippen LogP contribution in [-0.4, -0.2) is 14.5 Å². The molecule has 0 amide bonds. The lowest BCUT2D eigenvalue weighted by molar-refractivity contribution is 1.18. The van der Waals surface area contributed by atoms with Crippen LogP contribution in [0.2, 0.25) is 0 Å². The highest BCUT2D eigenvalue weighted by Crippen LogP contribution is 2.43. The summed E-state index contributed by atoms with van der Waals surface area (Å²) in [5.74, 6) is 0. The molecule has 0 aliphatic heterocycles. The number of aromatic nitrogens is 3. The maximum absolute atomic E-state index is 9.54. The van der Waals surface area contributed by atoms with Gasteiger partial charge in [0.1, 0.15) is 10.0 Å². The van der Waals surface area contributed by atoms with Crippen molar-refractivity contribution in [1.82, 2.24) is 14.5 Å². The Morgan fingerprint density at radius 3 is 1.44 bits per heavy atom. The van der Waals surface area contributed by atoms with Gasteiger partial charge in [0.2, 0.25) is 0 Å². The molecule has 12 aromatic rings. The molecule has 0 radical (unpaired) electrons. The maximum atomic E-state index is 9.54. The summed E-state index contributed by atoms with van der Waals surface area (Å²) in [7, 11) is 0. The number of nitrogens with zero attached hydrogens (tertiary/aromatic N) is 4. The molecule has 0 aliphatic carbocycles. The Balaban J connectivity index is 1.08. The van der Waals surface area contributed by atoms with E-state index >= 15 is 0 Å². The van der Waals surface area contributed by atoms with E-state index in [0.29, 0.717) is 5.56 Å². The fourth-order valence-corrected chi connectivity index (χ4v) is 10.7. The molecule has 0 N–H and O–H groups in total. The summed E-state index contributed by atoms with van der Waals surface area (Å²) in [4.78, 5) is 10.4. The van der Waals surface area contributed by atoms with Gasteiger partial charge in [0.05, 0.1) is 43.1 Å². The summed E-state index contributed by atoms with van der Waals surface area (Å²) in [5, 5.41) is 23.8. The first kappa shape index (κ1) is 30.5. The van der Waals surface area contributed by atoms with Crippen molar-refractivity contribution in [3.05, 3.63) is 163 Å². The van der Waals surface area contributed by atoms with E-state index in [2.05, 4.69) is 144 Å². The van der Waals surface area contributed by atoms with Crippen LogP contribution in [0.5, 0.6) is 0 Å². The van der Waals surface area contributed by atoms with Gasteiger partial charge >= 0.3 is 0 Å². The van der Waals surface area contributed by atoms with Crippen LogP contribution in [-0.2, 0) is 0 Å². The number of nitriles is 1. The molecule has 4 nitrogen and oxygen atoms in total. The summed E-state index contributed by atoms with van der Waals surface area (Å²) in [6.07, 6.45) is 0. The van der Waals surface area contributed by atoms with Crippen molar-refractivity contribution in [1.29, 1.82) is 5.26 Å². The molecule has 55 heavy (non-hydrogen) atoms. The lowest BCUT2D eigenvalue weighted by atomic mass is 10.0. The number of fused-ring (bicyclic) bond motifs is 13. The van der Waals surface area contributed by atoms with E-state index in [0.717, 1.165) is 59.7 Å². The molecule has 0 unspecified atom stereocenters. The van der Waals surface area contributed by atoms with E-state index in [4.69, 9.17) is 9.97 Å². The number of thiazole rings is 2. The van der Waals surface area contributed by atoms with E-state index < -0.39 is 0 Å². The van der Waals surface area contributed by atoms with Crippen molar-refractivity contribution in [2.24, 2.45) is 0 Å². The summed E-state index contributed by atoms with van der Waals surface area (Å²) in [5.41, 5.74) is 8.05. The third-order valence-electron chi connectivity index (χ3n) is 11.0. The van der Waals surface area contributed by atoms with E-state index in [1.165, 1.54) is 52.5 Å². The second-order valence-electron chi connectivity index (χ2n) is 14.1. The van der Waals surface area contributed by atoms with Gasteiger partial charge in [-0.15, -0.1) is 22.7 Å². The fourth-order valence-electron chi connectivity index (χ4n) is 8.45. The van der Waals surface area contributed by atoms with E-state index in [1.54, 1.807) is 22.7 Å². The zero-order chi connectivity index (χ0) is 36.2. The van der Waals surface area contributed by atoms with Gasteiger partial charge in [-0.1, -0.05) is 84.9 Å². The lowest BCUT2D eigenvalue weighted by Crippen LogP contribution is -1.93.